The third-order valence-corrected chi connectivity index (χ3v) is 5.63. The van der Waals surface area contributed by atoms with Crippen LogP contribution in [-0.2, 0) is 14.9 Å². The maximum absolute atomic E-state index is 12.3. The molecule has 1 heterocycles. The standard InChI is InChI=1S/C19H23NO4S/c1-3-20-12-13-23-19(14-20)16-6-8-17(9-7-16)24-25(21,22)18-10-4-15(2)5-11-18/h4-11,19H,3,12-14H2,1-2H3/t19-/m0/s1. The number of nitrogens with zero attached hydrogens (tertiary/aromatic N) is 1. The summed E-state index contributed by atoms with van der Waals surface area (Å²) < 4.78 is 35.7. The first-order valence-corrected chi connectivity index (χ1v) is 9.84. The monoisotopic (exact) mass is 361 g/mol. The molecule has 0 spiro atoms. The molecule has 2 aromatic rings. The SMILES string of the molecule is CCN1CCO[C@H](c2ccc(OS(=O)(=O)c3ccc(C)cc3)cc2)C1. The van der Waals surface area contributed by atoms with E-state index in [1.807, 2.05) is 19.1 Å². The predicted molar refractivity (Wildman–Crippen MR) is 96.2 cm³/mol. The molecule has 6 heteroatoms. The molecule has 25 heavy (non-hydrogen) atoms. The molecule has 1 saturated heterocycles. The van der Waals surface area contributed by atoms with E-state index in [0.717, 1.165) is 30.8 Å². The summed E-state index contributed by atoms with van der Waals surface area (Å²) in [7, 11) is -3.82. The van der Waals surface area contributed by atoms with Crippen molar-refractivity contribution in [1.82, 2.24) is 4.90 Å². The van der Waals surface area contributed by atoms with E-state index in [2.05, 4.69) is 11.8 Å². The number of benzene rings is 2. The fourth-order valence-corrected chi connectivity index (χ4v) is 3.74. The Balaban J connectivity index is 1.71. The van der Waals surface area contributed by atoms with Gasteiger partial charge in [-0.05, 0) is 43.3 Å². The number of hydrogen-bond donors (Lipinski definition) is 0. The van der Waals surface area contributed by atoms with Gasteiger partial charge in [-0.15, -0.1) is 0 Å². The van der Waals surface area contributed by atoms with Gasteiger partial charge in [0.25, 0.3) is 0 Å². The Labute approximate surface area is 149 Å². The van der Waals surface area contributed by atoms with Crippen LogP contribution in [0.4, 0.5) is 0 Å². The van der Waals surface area contributed by atoms with Gasteiger partial charge in [0.05, 0.1) is 12.7 Å². The summed E-state index contributed by atoms with van der Waals surface area (Å²) in [6, 6.07) is 13.7. The van der Waals surface area contributed by atoms with Gasteiger partial charge < -0.3 is 8.92 Å². The van der Waals surface area contributed by atoms with Crippen molar-refractivity contribution in [2.24, 2.45) is 0 Å². The van der Waals surface area contributed by atoms with Crippen LogP contribution in [0.3, 0.4) is 0 Å². The molecule has 3 rings (SSSR count). The number of likely N-dealkylation sites (N-methyl/N-ethyl adjacent to an activating group) is 1. The van der Waals surface area contributed by atoms with Gasteiger partial charge >= 0.3 is 10.1 Å². The van der Waals surface area contributed by atoms with Gasteiger partial charge in [-0.2, -0.15) is 8.42 Å². The zero-order valence-corrected chi connectivity index (χ0v) is 15.3. The summed E-state index contributed by atoms with van der Waals surface area (Å²) in [4.78, 5) is 2.48. The predicted octanol–water partition coefficient (Wildman–Crippen LogP) is 3.16. The molecule has 0 saturated carbocycles. The van der Waals surface area contributed by atoms with Crippen molar-refractivity contribution in [1.29, 1.82) is 0 Å². The van der Waals surface area contributed by atoms with Gasteiger partial charge in [0, 0.05) is 13.1 Å². The van der Waals surface area contributed by atoms with E-state index in [9.17, 15) is 8.42 Å². The second kappa shape index (κ2) is 7.56. The molecule has 0 bridgehead atoms. The first kappa shape index (κ1) is 17.9. The topological polar surface area (TPSA) is 55.8 Å². The Morgan fingerprint density at radius 2 is 1.80 bits per heavy atom. The lowest BCUT2D eigenvalue weighted by Gasteiger charge is -2.32. The smallest absolute Gasteiger partial charge is 0.339 e. The fourth-order valence-electron chi connectivity index (χ4n) is 2.81. The Morgan fingerprint density at radius 3 is 2.44 bits per heavy atom. The minimum Gasteiger partial charge on any atom is -0.379 e. The second-order valence-corrected chi connectivity index (χ2v) is 7.72. The molecule has 5 nitrogen and oxygen atoms in total. The van der Waals surface area contributed by atoms with Crippen LogP contribution >= 0.6 is 0 Å². The van der Waals surface area contributed by atoms with Crippen molar-refractivity contribution in [3.05, 3.63) is 59.7 Å². The van der Waals surface area contributed by atoms with Crippen LogP contribution in [0.5, 0.6) is 5.75 Å². The zero-order chi connectivity index (χ0) is 17.9. The lowest BCUT2D eigenvalue weighted by molar-refractivity contribution is -0.0281. The summed E-state index contributed by atoms with van der Waals surface area (Å²) in [6.45, 7) is 7.54. The molecule has 1 aliphatic rings. The highest BCUT2D eigenvalue weighted by Gasteiger charge is 2.21. The third kappa shape index (κ3) is 4.39. The highest BCUT2D eigenvalue weighted by atomic mass is 32.2. The van der Waals surface area contributed by atoms with Crippen molar-refractivity contribution < 1.29 is 17.3 Å². The average molecular weight is 361 g/mol. The minimum atomic E-state index is -3.82. The molecule has 1 atom stereocenters. The maximum atomic E-state index is 12.3. The first-order valence-electron chi connectivity index (χ1n) is 8.43. The highest BCUT2D eigenvalue weighted by Crippen LogP contribution is 2.25. The van der Waals surface area contributed by atoms with Gasteiger partial charge in [-0.1, -0.05) is 36.8 Å². The van der Waals surface area contributed by atoms with E-state index in [-0.39, 0.29) is 11.0 Å². The van der Waals surface area contributed by atoms with Crippen molar-refractivity contribution >= 4 is 10.1 Å². The van der Waals surface area contributed by atoms with Crippen LogP contribution in [0, 0.1) is 6.92 Å². The number of aryl methyl sites for hydroxylation is 1. The molecule has 1 fully saturated rings. The lowest BCUT2D eigenvalue weighted by atomic mass is 10.1. The first-order chi connectivity index (χ1) is 12.0. The molecular formula is C19H23NO4S. The Morgan fingerprint density at radius 1 is 1.12 bits per heavy atom. The molecule has 1 aliphatic heterocycles. The maximum Gasteiger partial charge on any atom is 0.339 e. The quantitative estimate of drug-likeness (QED) is 0.766. The third-order valence-electron chi connectivity index (χ3n) is 4.37. The number of hydrogen-bond acceptors (Lipinski definition) is 5. The molecule has 0 aromatic heterocycles. The van der Waals surface area contributed by atoms with Crippen molar-refractivity contribution in [2.75, 3.05) is 26.2 Å². The van der Waals surface area contributed by atoms with Gasteiger partial charge in [0.2, 0.25) is 0 Å². The summed E-state index contributed by atoms with van der Waals surface area (Å²) in [5.74, 6) is 0.299. The molecule has 0 aliphatic carbocycles. The molecule has 0 amide bonds. The van der Waals surface area contributed by atoms with Crippen LogP contribution in [0.2, 0.25) is 0 Å². The largest absolute Gasteiger partial charge is 0.379 e. The number of ether oxygens (including phenoxy) is 1. The van der Waals surface area contributed by atoms with E-state index < -0.39 is 10.1 Å². The minimum absolute atomic E-state index is 0.0106. The molecule has 134 valence electrons. The van der Waals surface area contributed by atoms with E-state index >= 15 is 0 Å². The molecule has 0 N–H and O–H groups in total. The fraction of sp³-hybridized carbons (Fsp3) is 0.368. The van der Waals surface area contributed by atoms with E-state index in [1.54, 1.807) is 36.4 Å². The normalized spacial score (nSPS) is 18.9. The van der Waals surface area contributed by atoms with Crippen LogP contribution in [0.25, 0.3) is 0 Å². The lowest BCUT2D eigenvalue weighted by Crippen LogP contribution is -2.38. The second-order valence-electron chi connectivity index (χ2n) is 6.17. The van der Waals surface area contributed by atoms with Crippen LogP contribution < -0.4 is 4.18 Å². The van der Waals surface area contributed by atoms with E-state index in [4.69, 9.17) is 8.92 Å². The van der Waals surface area contributed by atoms with Crippen molar-refractivity contribution in [3.63, 3.8) is 0 Å². The Bertz CT molecular complexity index is 800. The number of morpholine rings is 1. The van der Waals surface area contributed by atoms with E-state index in [0.29, 0.717) is 12.4 Å². The molecular weight excluding hydrogens is 338 g/mol. The average Bonchev–Trinajstić information content (AvgIpc) is 2.62. The van der Waals surface area contributed by atoms with Crippen molar-refractivity contribution in [2.45, 2.75) is 24.8 Å². The van der Waals surface area contributed by atoms with Crippen LogP contribution in [-0.4, -0.2) is 39.6 Å². The number of rotatable bonds is 5. The van der Waals surface area contributed by atoms with E-state index in [1.165, 1.54) is 0 Å². The zero-order valence-electron chi connectivity index (χ0n) is 14.5. The summed E-state index contributed by atoms with van der Waals surface area (Å²) in [6.07, 6.45) is 0.0106. The molecule has 2 aromatic carbocycles. The summed E-state index contributed by atoms with van der Waals surface area (Å²) in [5.41, 5.74) is 2.02. The Kier molecular flexibility index (Phi) is 5.42. The van der Waals surface area contributed by atoms with Gasteiger partial charge in [0.1, 0.15) is 10.6 Å². The van der Waals surface area contributed by atoms with Gasteiger partial charge in [-0.25, -0.2) is 0 Å². The molecule has 0 unspecified atom stereocenters. The van der Waals surface area contributed by atoms with Gasteiger partial charge in [-0.3, -0.25) is 4.90 Å². The van der Waals surface area contributed by atoms with Crippen molar-refractivity contribution in [3.8, 4) is 5.75 Å². The summed E-state index contributed by atoms with van der Waals surface area (Å²) >= 11 is 0. The Hall–Kier alpha value is -1.89. The highest BCUT2D eigenvalue weighted by molar-refractivity contribution is 7.87. The van der Waals surface area contributed by atoms with Gasteiger partial charge in [0.15, 0.2) is 0 Å². The van der Waals surface area contributed by atoms with Crippen LogP contribution in [0.15, 0.2) is 53.4 Å². The summed E-state index contributed by atoms with van der Waals surface area (Å²) in [5, 5.41) is 0. The van der Waals surface area contributed by atoms with Crippen LogP contribution in [0.1, 0.15) is 24.2 Å². The molecule has 0 radical (unpaired) electrons.